The Morgan fingerprint density at radius 2 is 1.70 bits per heavy atom. The number of nitrogens with zero attached hydrogens (tertiary/aromatic N) is 3. The van der Waals surface area contributed by atoms with Crippen molar-refractivity contribution in [1.82, 2.24) is 25.1 Å². The summed E-state index contributed by atoms with van der Waals surface area (Å²) in [6, 6.07) is 9.08. The number of H-pyrrole nitrogens is 1. The molecule has 2 N–H and O–H groups in total. The van der Waals surface area contributed by atoms with Crippen molar-refractivity contribution in [2.24, 2.45) is 11.3 Å². The van der Waals surface area contributed by atoms with Crippen LogP contribution in [0.25, 0.3) is 0 Å². The molecule has 1 aromatic carbocycles. The molecule has 0 spiro atoms. The smallest absolute Gasteiger partial charge is 0.408 e. The summed E-state index contributed by atoms with van der Waals surface area (Å²) >= 11 is 0. The van der Waals surface area contributed by atoms with Crippen LogP contribution < -0.4 is 5.32 Å². The van der Waals surface area contributed by atoms with Crippen molar-refractivity contribution in [3.05, 3.63) is 53.6 Å². The summed E-state index contributed by atoms with van der Waals surface area (Å²) in [5.41, 5.74) is 0.802. The zero-order chi connectivity index (χ0) is 37.1. The second kappa shape index (κ2) is 15.6. The number of carbonyl (C=O) groups excluding carboxylic acids is 3. The predicted molar refractivity (Wildman–Crippen MR) is 200 cm³/mol. The highest BCUT2D eigenvalue weighted by molar-refractivity contribution is 6.74. The number of imidazole rings is 1. The Morgan fingerprint density at radius 1 is 1.04 bits per heavy atom. The normalized spacial score (nSPS) is 19.3. The SMILES string of the molecule is CC(C)(C)OC(=O)N[C@H](C(=O)N1C[C@H](O[Si](C)(C)C(C)(C)C)C[C@H]1c1ncc(CN(CC2CC2)C(=O)CCCc2ccccc2)[nH]1)C(C)(C)C. The zero-order valence-electron chi connectivity index (χ0n) is 32.5. The van der Waals surface area contributed by atoms with Gasteiger partial charge in [-0.3, -0.25) is 9.59 Å². The Morgan fingerprint density at radius 3 is 2.28 bits per heavy atom. The van der Waals surface area contributed by atoms with Crippen LogP contribution in [-0.4, -0.2) is 76.8 Å². The number of aromatic amines is 1. The lowest BCUT2D eigenvalue weighted by Gasteiger charge is -2.38. The first kappa shape index (κ1) is 39.6. The number of nitrogens with one attached hydrogen (secondary N) is 2. The van der Waals surface area contributed by atoms with E-state index in [-0.39, 0.29) is 29.0 Å². The lowest BCUT2D eigenvalue weighted by Crippen LogP contribution is -2.55. The quantitative estimate of drug-likeness (QED) is 0.205. The number of aromatic nitrogens is 2. The molecule has 0 bridgehead atoms. The van der Waals surface area contributed by atoms with Crippen molar-refractivity contribution in [2.45, 2.75) is 149 Å². The topological polar surface area (TPSA) is 117 Å². The van der Waals surface area contributed by atoms with Crippen molar-refractivity contribution in [3.8, 4) is 0 Å². The maximum atomic E-state index is 14.5. The molecule has 3 atom stereocenters. The molecule has 3 amide bonds. The van der Waals surface area contributed by atoms with E-state index in [1.54, 1.807) is 27.0 Å². The van der Waals surface area contributed by atoms with E-state index in [1.807, 2.05) is 48.8 Å². The van der Waals surface area contributed by atoms with Gasteiger partial charge in [0.1, 0.15) is 17.5 Å². The van der Waals surface area contributed by atoms with Crippen LogP contribution in [0.2, 0.25) is 18.1 Å². The molecule has 10 nitrogen and oxygen atoms in total. The van der Waals surface area contributed by atoms with Crippen molar-refractivity contribution in [2.75, 3.05) is 13.1 Å². The summed E-state index contributed by atoms with van der Waals surface area (Å²) in [7, 11) is -2.16. The number of alkyl carbamates (subject to hydrolysis) is 1. The first-order valence-corrected chi connectivity index (χ1v) is 21.4. The van der Waals surface area contributed by atoms with Gasteiger partial charge in [-0.15, -0.1) is 0 Å². The van der Waals surface area contributed by atoms with Gasteiger partial charge in [0.15, 0.2) is 8.32 Å². The minimum absolute atomic E-state index is 0.00262. The molecule has 2 heterocycles. The predicted octanol–water partition coefficient (Wildman–Crippen LogP) is 7.77. The fourth-order valence-electron chi connectivity index (χ4n) is 6.16. The van der Waals surface area contributed by atoms with E-state index in [4.69, 9.17) is 14.1 Å². The summed E-state index contributed by atoms with van der Waals surface area (Å²) in [5.74, 6) is 1.18. The molecule has 278 valence electrons. The fourth-order valence-corrected chi connectivity index (χ4v) is 7.52. The molecule has 0 radical (unpaired) electrons. The van der Waals surface area contributed by atoms with Crippen LogP contribution in [0.4, 0.5) is 4.79 Å². The van der Waals surface area contributed by atoms with Crippen molar-refractivity contribution in [1.29, 1.82) is 0 Å². The molecule has 1 aromatic heterocycles. The van der Waals surface area contributed by atoms with Crippen molar-refractivity contribution >= 4 is 26.2 Å². The molecule has 1 aliphatic heterocycles. The monoisotopic (exact) mass is 709 g/mol. The lowest BCUT2D eigenvalue weighted by molar-refractivity contribution is -0.137. The first-order valence-electron chi connectivity index (χ1n) is 18.5. The molecular formula is C39H63N5O5Si. The number of benzene rings is 1. The lowest BCUT2D eigenvalue weighted by atomic mass is 9.85. The van der Waals surface area contributed by atoms with Gasteiger partial charge in [-0.2, -0.15) is 0 Å². The highest BCUT2D eigenvalue weighted by Gasteiger charge is 2.47. The molecule has 11 heteroatoms. The highest BCUT2D eigenvalue weighted by Crippen LogP contribution is 2.41. The summed E-state index contributed by atoms with van der Waals surface area (Å²) in [6.45, 7) is 23.9. The van der Waals surface area contributed by atoms with E-state index in [0.717, 1.165) is 37.9 Å². The second-order valence-corrected chi connectivity index (χ2v) is 22.8. The van der Waals surface area contributed by atoms with Gasteiger partial charge in [0, 0.05) is 25.9 Å². The largest absolute Gasteiger partial charge is 0.444 e. The van der Waals surface area contributed by atoms with Crippen LogP contribution in [0.1, 0.15) is 118 Å². The fraction of sp³-hybridized carbons (Fsp3) is 0.692. The molecule has 1 saturated heterocycles. The van der Waals surface area contributed by atoms with Gasteiger partial charge in [-0.05, 0) is 81.5 Å². The Labute approximate surface area is 301 Å². The minimum Gasteiger partial charge on any atom is -0.444 e. The molecule has 50 heavy (non-hydrogen) atoms. The zero-order valence-corrected chi connectivity index (χ0v) is 33.5. The Bertz CT molecular complexity index is 1450. The first-order chi connectivity index (χ1) is 23.1. The summed E-state index contributed by atoms with van der Waals surface area (Å²) < 4.78 is 12.4. The standard InChI is InChI=1S/C39H63N5O5Si/c1-37(2,3)33(42-36(47)48-38(4,5)6)35(46)44-26-30(49-50(10,11)39(7,8)9)22-31(44)34-40-23-29(41-34)25-43(24-28-20-21-28)32(45)19-15-18-27-16-13-12-14-17-27/h12-14,16-17,23,28,30-31,33H,15,18-22,24-26H2,1-11H3,(H,40,41)(H,42,47)/t30-,31+,33-/m1/s1. The van der Waals surface area contributed by atoms with Crippen LogP contribution >= 0.6 is 0 Å². The minimum atomic E-state index is -2.16. The highest BCUT2D eigenvalue weighted by atomic mass is 28.4. The Hall–Kier alpha value is -3.18. The number of ether oxygens (including phenoxy) is 1. The molecular weight excluding hydrogens is 647 g/mol. The Kier molecular flexibility index (Phi) is 12.4. The van der Waals surface area contributed by atoms with E-state index >= 15 is 0 Å². The Balaban J connectivity index is 1.55. The molecule has 4 rings (SSSR count). The van der Waals surface area contributed by atoms with Crippen LogP contribution in [0.15, 0.2) is 36.5 Å². The van der Waals surface area contributed by atoms with Gasteiger partial charge in [0.05, 0.1) is 30.6 Å². The molecule has 2 aliphatic rings. The maximum absolute atomic E-state index is 14.5. The van der Waals surface area contributed by atoms with Gasteiger partial charge in [-0.1, -0.05) is 71.9 Å². The van der Waals surface area contributed by atoms with Gasteiger partial charge < -0.3 is 29.3 Å². The van der Waals surface area contributed by atoms with E-state index in [2.05, 4.69) is 56.3 Å². The van der Waals surface area contributed by atoms with Crippen LogP contribution in [0.3, 0.4) is 0 Å². The third kappa shape index (κ3) is 11.2. The van der Waals surface area contributed by atoms with E-state index in [1.165, 1.54) is 5.56 Å². The number of amides is 3. The maximum Gasteiger partial charge on any atom is 0.408 e. The van der Waals surface area contributed by atoms with E-state index < -0.39 is 31.5 Å². The number of rotatable bonds is 13. The number of aryl methyl sites for hydroxylation is 1. The van der Waals surface area contributed by atoms with Crippen LogP contribution in [-0.2, 0) is 31.7 Å². The second-order valence-electron chi connectivity index (χ2n) is 18.0. The van der Waals surface area contributed by atoms with Gasteiger partial charge in [0.2, 0.25) is 11.8 Å². The third-order valence-corrected chi connectivity index (χ3v) is 14.7. The number of carbonyl (C=O) groups is 3. The van der Waals surface area contributed by atoms with Crippen LogP contribution in [0.5, 0.6) is 0 Å². The third-order valence-electron chi connectivity index (χ3n) is 10.1. The number of hydrogen-bond acceptors (Lipinski definition) is 6. The summed E-state index contributed by atoms with van der Waals surface area (Å²) in [4.78, 5) is 53.1. The summed E-state index contributed by atoms with van der Waals surface area (Å²) in [5, 5.41) is 2.89. The summed E-state index contributed by atoms with van der Waals surface area (Å²) in [6.07, 6.45) is 6.07. The molecule has 1 saturated carbocycles. The molecule has 2 aromatic rings. The molecule has 2 fully saturated rings. The molecule has 0 unspecified atom stereocenters. The van der Waals surface area contributed by atoms with Crippen LogP contribution in [0, 0.1) is 11.3 Å². The van der Waals surface area contributed by atoms with Gasteiger partial charge in [-0.25, -0.2) is 9.78 Å². The van der Waals surface area contributed by atoms with Gasteiger partial charge >= 0.3 is 6.09 Å². The molecule has 1 aliphatic carbocycles. The van der Waals surface area contributed by atoms with Crippen molar-refractivity contribution < 1.29 is 23.5 Å². The number of likely N-dealkylation sites (tertiary alicyclic amines) is 1. The van der Waals surface area contributed by atoms with E-state index in [0.29, 0.717) is 37.7 Å². The van der Waals surface area contributed by atoms with Gasteiger partial charge in [0.25, 0.3) is 0 Å². The van der Waals surface area contributed by atoms with Crippen molar-refractivity contribution in [3.63, 3.8) is 0 Å². The number of hydrogen-bond donors (Lipinski definition) is 2. The van der Waals surface area contributed by atoms with E-state index in [9.17, 15) is 14.4 Å². The average molecular weight is 710 g/mol. The average Bonchev–Trinajstić information content (AvgIpc) is 3.52.